The van der Waals surface area contributed by atoms with E-state index in [0.29, 0.717) is 29.2 Å². The predicted molar refractivity (Wildman–Crippen MR) is 173 cm³/mol. The highest BCUT2D eigenvalue weighted by Gasteiger charge is 2.42. The molecule has 2 aromatic carbocycles. The number of carbonyl (C=O) groups is 2. The van der Waals surface area contributed by atoms with E-state index in [9.17, 15) is 18.4 Å². The van der Waals surface area contributed by atoms with E-state index < -0.39 is 29.7 Å². The van der Waals surface area contributed by atoms with E-state index in [1.54, 1.807) is 48.2 Å². The zero-order chi connectivity index (χ0) is 31.0. The average molecular weight is 631 g/mol. The number of hydrogen-bond acceptors (Lipinski definition) is 6. The minimum Gasteiger partial charge on any atom is -0.326 e. The molecule has 44 heavy (non-hydrogen) atoms. The predicted octanol–water partition coefficient (Wildman–Crippen LogP) is 7.45. The summed E-state index contributed by atoms with van der Waals surface area (Å²) < 4.78 is 28.1. The van der Waals surface area contributed by atoms with Gasteiger partial charge in [-0.05, 0) is 37.0 Å². The van der Waals surface area contributed by atoms with Crippen LogP contribution in [0.2, 0.25) is 5.02 Å². The van der Waals surface area contributed by atoms with Crippen LogP contribution < -0.4 is 0 Å². The first-order chi connectivity index (χ1) is 21.2. The Labute approximate surface area is 263 Å². The van der Waals surface area contributed by atoms with E-state index in [-0.39, 0.29) is 41.3 Å². The SMILES string of the molecule is C=C1CC=CSC1C1=N[C@@H](c2ccc(F)cc2Cl)C(C2=NC(C[C@@H](C)F)C=C2)=C2CC(=NC(=O)C(=O)c3ccccc3)CN12. The lowest BCUT2D eigenvalue weighted by atomic mass is 9.90. The average Bonchev–Trinajstić information content (AvgIpc) is 3.63. The van der Waals surface area contributed by atoms with Gasteiger partial charge in [-0.25, -0.2) is 13.8 Å². The van der Waals surface area contributed by atoms with Gasteiger partial charge in [0, 0.05) is 46.0 Å². The van der Waals surface area contributed by atoms with Crippen LogP contribution in [0.3, 0.4) is 0 Å². The lowest BCUT2D eigenvalue weighted by molar-refractivity contribution is -0.113. The highest BCUT2D eigenvalue weighted by atomic mass is 35.5. The molecule has 4 heterocycles. The molecule has 10 heteroatoms. The van der Waals surface area contributed by atoms with Crippen molar-refractivity contribution in [2.75, 3.05) is 6.54 Å². The molecule has 0 bridgehead atoms. The molecule has 0 aromatic heterocycles. The van der Waals surface area contributed by atoms with E-state index in [0.717, 1.165) is 16.8 Å². The number of allylic oxidation sites excluding steroid dienone is 3. The van der Waals surface area contributed by atoms with Gasteiger partial charge < -0.3 is 4.90 Å². The molecule has 2 aromatic rings. The maximum atomic E-state index is 14.2. The molecule has 1 amide bonds. The Morgan fingerprint density at radius 1 is 1.20 bits per heavy atom. The number of rotatable bonds is 7. The van der Waals surface area contributed by atoms with Crippen LogP contribution in [0.15, 0.2) is 111 Å². The zero-order valence-electron chi connectivity index (χ0n) is 23.9. The van der Waals surface area contributed by atoms with Crippen LogP contribution in [0, 0.1) is 5.82 Å². The minimum atomic E-state index is -1.04. The third kappa shape index (κ3) is 6.03. The fraction of sp³-hybridized carbons (Fsp3) is 0.265. The molecule has 4 aliphatic rings. The number of thioether (sulfide) groups is 1. The zero-order valence-corrected chi connectivity index (χ0v) is 25.5. The highest BCUT2D eigenvalue weighted by molar-refractivity contribution is 8.03. The number of amides is 1. The molecule has 6 nitrogen and oxygen atoms in total. The van der Waals surface area contributed by atoms with Gasteiger partial charge >= 0.3 is 5.91 Å². The van der Waals surface area contributed by atoms with Gasteiger partial charge in [-0.15, -0.1) is 11.8 Å². The van der Waals surface area contributed by atoms with E-state index >= 15 is 0 Å². The number of Topliss-reactive ketones (excluding diaryl/α,β-unsaturated/α-hetero) is 1. The number of alkyl halides is 1. The quantitative estimate of drug-likeness (QED) is 0.181. The Bertz CT molecular complexity index is 1730. The first-order valence-corrected chi connectivity index (χ1v) is 15.6. The molecule has 6 rings (SSSR count). The minimum absolute atomic E-state index is 0.194. The number of fused-ring (bicyclic) bond motifs is 1. The summed E-state index contributed by atoms with van der Waals surface area (Å²) >= 11 is 8.21. The van der Waals surface area contributed by atoms with E-state index in [1.165, 1.54) is 19.1 Å². The molecule has 0 aliphatic carbocycles. The highest BCUT2D eigenvalue weighted by Crippen LogP contribution is 2.45. The normalized spacial score (nSPS) is 24.5. The summed E-state index contributed by atoms with van der Waals surface area (Å²) in [7, 11) is 0. The molecule has 0 spiro atoms. The van der Waals surface area contributed by atoms with Crippen molar-refractivity contribution in [2.45, 2.75) is 49.7 Å². The lowest BCUT2D eigenvalue weighted by Gasteiger charge is -2.37. The molecule has 1 saturated heterocycles. The van der Waals surface area contributed by atoms with Gasteiger partial charge in [-0.1, -0.05) is 72.3 Å². The van der Waals surface area contributed by atoms with Gasteiger partial charge in [0.1, 0.15) is 17.7 Å². The molecular weight excluding hydrogens is 602 g/mol. The second kappa shape index (κ2) is 12.6. The fourth-order valence-electron chi connectivity index (χ4n) is 5.81. The topological polar surface area (TPSA) is 74.5 Å². The van der Waals surface area contributed by atoms with Crippen LogP contribution in [-0.2, 0) is 4.79 Å². The van der Waals surface area contributed by atoms with E-state index in [1.807, 2.05) is 28.5 Å². The van der Waals surface area contributed by atoms with Gasteiger partial charge in [0.15, 0.2) is 0 Å². The second-order valence-electron chi connectivity index (χ2n) is 11.1. The summed E-state index contributed by atoms with van der Waals surface area (Å²) in [5, 5.41) is 2.03. The number of amidine groups is 1. The molecule has 0 N–H and O–H groups in total. The van der Waals surface area contributed by atoms with Crippen LogP contribution in [0.5, 0.6) is 0 Å². The largest absolute Gasteiger partial charge is 0.326 e. The van der Waals surface area contributed by atoms with Crippen molar-refractivity contribution < 1.29 is 18.4 Å². The monoisotopic (exact) mass is 630 g/mol. The van der Waals surface area contributed by atoms with Gasteiger partial charge in [0.25, 0.3) is 5.78 Å². The molecule has 2 unspecified atom stereocenters. The Hall–Kier alpha value is -3.95. The summed E-state index contributed by atoms with van der Waals surface area (Å²) in [6, 6.07) is 11.5. The first-order valence-electron chi connectivity index (χ1n) is 14.3. The van der Waals surface area contributed by atoms with Crippen LogP contribution in [-0.4, -0.2) is 57.9 Å². The van der Waals surface area contributed by atoms with Crippen LogP contribution in [0.4, 0.5) is 8.78 Å². The Balaban J connectivity index is 1.48. The number of aliphatic imine (C=N–C) groups is 3. The number of nitrogens with zero attached hydrogens (tertiary/aromatic N) is 4. The molecule has 4 atom stereocenters. The van der Waals surface area contributed by atoms with Gasteiger partial charge in [0.05, 0.1) is 29.7 Å². The van der Waals surface area contributed by atoms with E-state index in [2.05, 4.69) is 11.6 Å². The second-order valence-corrected chi connectivity index (χ2v) is 12.5. The third-order valence-corrected chi connectivity index (χ3v) is 9.32. The molecule has 224 valence electrons. The number of benzene rings is 2. The van der Waals surface area contributed by atoms with Gasteiger partial charge in [0.2, 0.25) is 0 Å². The summed E-state index contributed by atoms with van der Waals surface area (Å²) in [6.45, 7) is 6.04. The molecular formula is C34H29ClF2N4O2S. The number of ketones is 1. The van der Waals surface area contributed by atoms with Crippen molar-refractivity contribution in [2.24, 2.45) is 15.0 Å². The maximum Gasteiger partial charge on any atom is 0.318 e. The van der Waals surface area contributed by atoms with Crippen molar-refractivity contribution in [1.29, 1.82) is 0 Å². The number of carbonyl (C=O) groups excluding carboxylic acids is 2. The fourth-order valence-corrected chi connectivity index (χ4v) is 7.04. The molecule has 0 saturated carbocycles. The molecule has 1 fully saturated rings. The summed E-state index contributed by atoms with van der Waals surface area (Å²) in [4.78, 5) is 42.3. The Kier molecular flexibility index (Phi) is 8.60. The Morgan fingerprint density at radius 3 is 2.73 bits per heavy atom. The summed E-state index contributed by atoms with van der Waals surface area (Å²) in [6.07, 6.45) is 5.89. The van der Waals surface area contributed by atoms with Crippen LogP contribution in [0.1, 0.15) is 48.1 Å². The van der Waals surface area contributed by atoms with Crippen LogP contribution >= 0.6 is 23.4 Å². The number of hydrogen-bond donors (Lipinski definition) is 0. The third-order valence-electron chi connectivity index (χ3n) is 7.83. The molecule has 0 radical (unpaired) electrons. The van der Waals surface area contributed by atoms with Crippen molar-refractivity contribution in [3.63, 3.8) is 0 Å². The first kappa shape index (κ1) is 30.1. The van der Waals surface area contributed by atoms with E-state index in [4.69, 9.17) is 21.6 Å². The summed E-state index contributed by atoms with van der Waals surface area (Å²) in [5.41, 5.74) is 4.47. The Morgan fingerprint density at radius 2 is 2.00 bits per heavy atom. The van der Waals surface area contributed by atoms with Gasteiger partial charge in [-0.3, -0.25) is 19.6 Å². The van der Waals surface area contributed by atoms with Crippen molar-refractivity contribution in [3.8, 4) is 0 Å². The van der Waals surface area contributed by atoms with Crippen molar-refractivity contribution >= 4 is 52.3 Å². The van der Waals surface area contributed by atoms with Gasteiger partial charge in [-0.2, -0.15) is 0 Å². The lowest BCUT2D eigenvalue weighted by Crippen LogP contribution is -2.41. The standard InChI is InChI=1S/C34H29ClF2N4O2S/c1-19-7-6-14-44-32(19)33-40-30(25-12-10-22(37)16-26(25)35)29(27-13-11-23(38-27)15-20(2)36)28-17-24(18-41(28)33)39-34(43)31(42)21-8-4-3-5-9-21/h3-6,8-14,16,20,23,30,32H,1,7,15,17-18H2,2H3/t20-,23?,30+,32?/m1/s1. The summed E-state index contributed by atoms with van der Waals surface area (Å²) in [5.74, 6) is -1.30. The maximum absolute atomic E-state index is 14.2. The van der Waals surface area contributed by atoms with Crippen LogP contribution in [0.25, 0.3) is 0 Å². The van der Waals surface area contributed by atoms with Crippen molar-refractivity contribution in [1.82, 2.24) is 4.90 Å². The van der Waals surface area contributed by atoms with Crippen molar-refractivity contribution in [3.05, 3.63) is 118 Å². The smallest absolute Gasteiger partial charge is 0.318 e. The molecule has 4 aliphatic heterocycles. The number of halogens is 3.